The molecule has 0 saturated heterocycles. The number of nitrogens with zero attached hydrogens (tertiary/aromatic N) is 4. The van der Waals surface area contributed by atoms with Crippen molar-refractivity contribution in [2.75, 3.05) is 12.4 Å². The Bertz CT molecular complexity index is 739. The topological polar surface area (TPSA) is 64.9 Å². The predicted octanol–water partition coefficient (Wildman–Crippen LogP) is 2.72. The minimum Gasteiger partial charge on any atom is -0.494 e. The van der Waals surface area contributed by atoms with E-state index < -0.39 is 0 Å². The van der Waals surface area contributed by atoms with Crippen LogP contribution in [0.3, 0.4) is 0 Å². The SMILES string of the molecule is COc1cc(Nc2ncccn2)ccc1-n1cnc(C)c1. The molecule has 2 aromatic heterocycles. The van der Waals surface area contributed by atoms with Gasteiger partial charge in [0.1, 0.15) is 5.75 Å². The van der Waals surface area contributed by atoms with Crippen LogP contribution in [0.4, 0.5) is 11.6 Å². The molecule has 0 aliphatic heterocycles. The highest BCUT2D eigenvalue weighted by atomic mass is 16.5. The molecule has 6 nitrogen and oxygen atoms in total. The summed E-state index contributed by atoms with van der Waals surface area (Å²) in [7, 11) is 1.64. The zero-order valence-electron chi connectivity index (χ0n) is 11.8. The second kappa shape index (κ2) is 5.62. The van der Waals surface area contributed by atoms with Crippen LogP contribution in [0.5, 0.6) is 5.75 Å². The number of anilines is 2. The zero-order valence-corrected chi connectivity index (χ0v) is 11.8. The van der Waals surface area contributed by atoms with E-state index in [2.05, 4.69) is 20.3 Å². The van der Waals surface area contributed by atoms with Crippen molar-refractivity contribution >= 4 is 11.6 Å². The third kappa shape index (κ3) is 2.84. The first-order valence-corrected chi connectivity index (χ1v) is 6.49. The van der Waals surface area contributed by atoms with Gasteiger partial charge in [-0.1, -0.05) is 0 Å². The Balaban J connectivity index is 1.92. The van der Waals surface area contributed by atoms with Crippen molar-refractivity contribution in [3.8, 4) is 11.4 Å². The van der Waals surface area contributed by atoms with Crippen LogP contribution in [0.1, 0.15) is 5.69 Å². The Labute approximate surface area is 122 Å². The fourth-order valence-electron chi connectivity index (χ4n) is 2.01. The van der Waals surface area contributed by atoms with Gasteiger partial charge in [0.05, 0.1) is 24.8 Å². The summed E-state index contributed by atoms with van der Waals surface area (Å²) in [4.78, 5) is 12.5. The molecule has 2 heterocycles. The Morgan fingerprint density at radius 3 is 2.62 bits per heavy atom. The molecule has 0 spiro atoms. The summed E-state index contributed by atoms with van der Waals surface area (Å²) >= 11 is 0. The second-order valence-electron chi connectivity index (χ2n) is 4.51. The van der Waals surface area contributed by atoms with E-state index in [1.165, 1.54) is 0 Å². The van der Waals surface area contributed by atoms with Gasteiger partial charge in [-0.2, -0.15) is 0 Å². The molecule has 0 radical (unpaired) electrons. The molecule has 6 heteroatoms. The molecule has 1 aromatic carbocycles. The lowest BCUT2D eigenvalue weighted by molar-refractivity contribution is 0.413. The summed E-state index contributed by atoms with van der Waals surface area (Å²) in [5, 5.41) is 3.14. The number of aromatic nitrogens is 4. The van der Waals surface area contributed by atoms with Gasteiger partial charge in [-0.05, 0) is 25.1 Å². The molecule has 0 amide bonds. The lowest BCUT2D eigenvalue weighted by Crippen LogP contribution is -1.99. The minimum atomic E-state index is 0.547. The molecule has 0 aliphatic carbocycles. The Morgan fingerprint density at radius 2 is 1.95 bits per heavy atom. The second-order valence-corrected chi connectivity index (χ2v) is 4.51. The van der Waals surface area contributed by atoms with Crippen LogP contribution in [0, 0.1) is 6.92 Å². The van der Waals surface area contributed by atoms with Gasteiger partial charge in [-0.3, -0.25) is 0 Å². The minimum absolute atomic E-state index is 0.547. The first kappa shape index (κ1) is 13.1. The summed E-state index contributed by atoms with van der Waals surface area (Å²) in [5.41, 5.74) is 2.74. The molecular weight excluding hydrogens is 266 g/mol. The number of hydrogen-bond acceptors (Lipinski definition) is 5. The fourth-order valence-corrected chi connectivity index (χ4v) is 2.01. The number of imidazole rings is 1. The third-order valence-electron chi connectivity index (χ3n) is 2.99. The zero-order chi connectivity index (χ0) is 14.7. The average molecular weight is 281 g/mol. The summed E-state index contributed by atoms with van der Waals surface area (Å²) in [6.45, 7) is 1.95. The molecule has 3 aromatic rings. The molecule has 3 rings (SSSR count). The van der Waals surface area contributed by atoms with Gasteiger partial charge < -0.3 is 14.6 Å². The van der Waals surface area contributed by atoms with Gasteiger partial charge in [0.25, 0.3) is 0 Å². The van der Waals surface area contributed by atoms with E-state index in [9.17, 15) is 0 Å². The maximum Gasteiger partial charge on any atom is 0.227 e. The summed E-state index contributed by atoms with van der Waals surface area (Å²) in [6, 6.07) is 7.59. The van der Waals surface area contributed by atoms with Crippen molar-refractivity contribution in [2.24, 2.45) is 0 Å². The highest BCUT2D eigenvalue weighted by Crippen LogP contribution is 2.27. The van der Waals surface area contributed by atoms with Gasteiger partial charge in [0.15, 0.2) is 0 Å². The number of benzene rings is 1. The Hall–Kier alpha value is -2.89. The van der Waals surface area contributed by atoms with E-state index in [1.807, 2.05) is 35.9 Å². The van der Waals surface area contributed by atoms with Crippen molar-refractivity contribution in [1.82, 2.24) is 19.5 Å². The average Bonchev–Trinajstić information content (AvgIpc) is 2.94. The molecule has 0 saturated carbocycles. The molecule has 106 valence electrons. The van der Waals surface area contributed by atoms with Crippen LogP contribution in [-0.2, 0) is 0 Å². The van der Waals surface area contributed by atoms with Crippen molar-refractivity contribution in [3.05, 3.63) is 54.9 Å². The molecule has 21 heavy (non-hydrogen) atoms. The normalized spacial score (nSPS) is 10.4. The lowest BCUT2D eigenvalue weighted by atomic mass is 10.2. The van der Waals surface area contributed by atoms with Crippen molar-refractivity contribution in [3.63, 3.8) is 0 Å². The maximum absolute atomic E-state index is 5.46. The van der Waals surface area contributed by atoms with Crippen LogP contribution < -0.4 is 10.1 Å². The number of nitrogens with one attached hydrogen (secondary N) is 1. The van der Waals surface area contributed by atoms with Crippen LogP contribution in [0.15, 0.2) is 49.2 Å². The molecular formula is C15H15N5O. The number of rotatable bonds is 4. The predicted molar refractivity (Wildman–Crippen MR) is 80.2 cm³/mol. The summed E-state index contributed by atoms with van der Waals surface area (Å²) in [5.74, 6) is 1.29. The summed E-state index contributed by atoms with van der Waals surface area (Å²) in [6.07, 6.45) is 7.09. The van der Waals surface area contributed by atoms with Crippen LogP contribution >= 0.6 is 0 Å². The monoisotopic (exact) mass is 281 g/mol. The van der Waals surface area contributed by atoms with Crippen LogP contribution in [0.25, 0.3) is 5.69 Å². The lowest BCUT2D eigenvalue weighted by Gasteiger charge is -2.11. The van der Waals surface area contributed by atoms with Crippen LogP contribution in [0.2, 0.25) is 0 Å². The fraction of sp³-hybridized carbons (Fsp3) is 0.133. The standard InChI is InChI=1S/C15H15N5O/c1-11-9-20(10-18-11)13-5-4-12(8-14(13)21-2)19-15-16-6-3-7-17-15/h3-10H,1-2H3,(H,16,17,19). The van der Waals surface area contributed by atoms with E-state index in [0.717, 1.165) is 22.8 Å². The van der Waals surface area contributed by atoms with Gasteiger partial charge in [-0.15, -0.1) is 0 Å². The van der Waals surface area contributed by atoms with E-state index in [4.69, 9.17) is 4.74 Å². The first-order chi connectivity index (χ1) is 10.3. The van der Waals surface area contributed by atoms with E-state index in [-0.39, 0.29) is 0 Å². The van der Waals surface area contributed by atoms with Gasteiger partial charge in [0.2, 0.25) is 5.95 Å². The van der Waals surface area contributed by atoms with Gasteiger partial charge >= 0.3 is 0 Å². The Morgan fingerprint density at radius 1 is 1.14 bits per heavy atom. The summed E-state index contributed by atoms with van der Waals surface area (Å²) < 4.78 is 7.39. The third-order valence-corrected chi connectivity index (χ3v) is 2.99. The number of methoxy groups -OCH3 is 1. The molecule has 1 N–H and O–H groups in total. The number of aryl methyl sites for hydroxylation is 1. The smallest absolute Gasteiger partial charge is 0.227 e. The van der Waals surface area contributed by atoms with Crippen molar-refractivity contribution in [2.45, 2.75) is 6.92 Å². The molecule has 0 bridgehead atoms. The molecule has 0 atom stereocenters. The van der Waals surface area contributed by atoms with Gasteiger partial charge in [0, 0.05) is 30.3 Å². The highest BCUT2D eigenvalue weighted by molar-refractivity contribution is 5.61. The highest BCUT2D eigenvalue weighted by Gasteiger charge is 2.07. The van der Waals surface area contributed by atoms with Crippen molar-refractivity contribution < 1.29 is 4.74 Å². The van der Waals surface area contributed by atoms with Crippen LogP contribution in [-0.4, -0.2) is 26.6 Å². The first-order valence-electron chi connectivity index (χ1n) is 6.49. The maximum atomic E-state index is 5.46. The molecule has 0 fully saturated rings. The molecule has 0 aliphatic rings. The van der Waals surface area contributed by atoms with E-state index in [0.29, 0.717) is 5.95 Å². The number of ether oxygens (including phenoxy) is 1. The van der Waals surface area contributed by atoms with E-state index in [1.54, 1.807) is 31.9 Å². The molecule has 0 unspecified atom stereocenters. The van der Waals surface area contributed by atoms with Gasteiger partial charge in [-0.25, -0.2) is 15.0 Å². The number of hydrogen-bond donors (Lipinski definition) is 1. The Kier molecular flexibility index (Phi) is 3.51. The largest absolute Gasteiger partial charge is 0.494 e. The quantitative estimate of drug-likeness (QED) is 0.796. The van der Waals surface area contributed by atoms with Crippen molar-refractivity contribution in [1.29, 1.82) is 0 Å². The van der Waals surface area contributed by atoms with E-state index >= 15 is 0 Å².